The molecule has 0 radical (unpaired) electrons. The van der Waals surface area contributed by atoms with E-state index in [1.165, 1.54) is 18.3 Å². The minimum absolute atomic E-state index is 0.132. The van der Waals surface area contributed by atoms with E-state index in [-0.39, 0.29) is 16.6 Å². The van der Waals surface area contributed by atoms with E-state index < -0.39 is 11.7 Å². The molecular weight excluding hydrogens is 335 g/mol. The number of alkyl halides is 4. The van der Waals surface area contributed by atoms with Gasteiger partial charge in [0.15, 0.2) is 0 Å². The van der Waals surface area contributed by atoms with E-state index in [0.717, 1.165) is 11.8 Å². The molecule has 1 aromatic heterocycles. The summed E-state index contributed by atoms with van der Waals surface area (Å²) in [5.74, 6) is 0.531. The number of rotatable bonds is 3. The molecule has 1 heterocycles. The summed E-state index contributed by atoms with van der Waals surface area (Å²) in [6.07, 6.45) is -2.94. The van der Waals surface area contributed by atoms with Crippen molar-refractivity contribution in [2.45, 2.75) is 18.4 Å². The van der Waals surface area contributed by atoms with Crippen LogP contribution in [0.15, 0.2) is 36.5 Å². The molecule has 1 aromatic carbocycles. The zero-order chi connectivity index (χ0) is 14.8. The second-order valence-electron chi connectivity index (χ2n) is 4.19. The molecule has 0 saturated heterocycles. The summed E-state index contributed by atoms with van der Waals surface area (Å²) >= 11 is 3.05. The molecule has 2 nitrogen and oxygen atoms in total. The molecule has 0 atom stereocenters. The van der Waals surface area contributed by atoms with Crippen LogP contribution >= 0.6 is 15.9 Å². The second kappa shape index (κ2) is 5.83. The second-order valence-corrected chi connectivity index (χ2v) is 4.75. The standard InChI is InChI=1S/C14H11BrF3NO/c1-9-2-4-12(8-19-9)20-11-5-3-10(7-15)13(6-11)14(16,17)18/h2-6,8H,7H2,1H3. The lowest BCUT2D eigenvalue weighted by atomic mass is 10.1. The van der Waals surface area contributed by atoms with E-state index in [2.05, 4.69) is 20.9 Å². The van der Waals surface area contributed by atoms with Gasteiger partial charge in [0.25, 0.3) is 0 Å². The van der Waals surface area contributed by atoms with Gasteiger partial charge in [0.1, 0.15) is 11.5 Å². The third kappa shape index (κ3) is 3.50. The summed E-state index contributed by atoms with van der Waals surface area (Å²) in [6, 6.07) is 7.29. The maximum absolute atomic E-state index is 12.9. The van der Waals surface area contributed by atoms with Crippen LogP contribution in [-0.4, -0.2) is 4.98 Å². The van der Waals surface area contributed by atoms with Gasteiger partial charge in [0, 0.05) is 11.0 Å². The van der Waals surface area contributed by atoms with Crippen molar-refractivity contribution in [2.75, 3.05) is 0 Å². The van der Waals surface area contributed by atoms with Gasteiger partial charge in [-0.05, 0) is 36.8 Å². The Morgan fingerprint density at radius 2 is 1.85 bits per heavy atom. The summed E-state index contributed by atoms with van der Waals surface area (Å²) in [4.78, 5) is 4.03. The molecule has 0 aliphatic rings. The molecule has 106 valence electrons. The predicted molar refractivity (Wildman–Crippen MR) is 73.1 cm³/mol. The lowest BCUT2D eigenvalue weighted by Crippen LogP contribution is -2.08. The Kier molecular flexibility index (Phi) is 4.32. The van der Waals surface area contributed by atoms with E-state index in [1.807, 2.05) is 6.92 Å². The van der Waals surface area contributed by atoms with Gasteiger partial charge in [-0.3, -0.25) is 4.98 Å². The van der Waals surface area contributed by atoms with E-state index in [0.29, 0.717) is 5.75 Å². The Labute approximate surface area is 122 Å². The Balaban J connectivity index is 2.31. The molecule has 0 saturated carbocycles. The van der Waals surface area contributed by atoms with Crippen molar-refractivity contribution in [1.82, 2.24) is 4.98 Å². The van der Waals surface area contributed by atoms with Crippen LogP contribution in [0.2, 0.25) is 0 Å². The van der Waals surface area contributed by atoms with Crippen LogP contribution in [0, 0.1) is 6.92 Å². The van der Waals surface area contributed by atoms with Crippen LogP contribution < -0.4 is 4.74 Å². The first-order chi connectivity index (χ1) is 9.40. The van der Waals surface area contributed by atoms with Crippen molar-refractivity contribution in [1.29, 1.82) is 0 Å². The summed E-state index contributed by atoms with van der Waals surface area (Å²) in [6.45, 7) is 1.82. The zero-order valence-electron chi connectivity index (χ0n) is 10.5. The number of hydrogen-bond donors (Lipinski definition) is 0. The minimum atomic E-state index is -4.41. The maximum atomic E-state index is 12.9. The Bertz CT molecular complexity index is 596. The molecule has 0 aliphatic carbocycles. The van der Waals surface area contributed by atoms with E-state index in [9.17, 15) is 13.2 Å². The SMILES string of the molecule is Cc1ccc(Oc2ccc(CBr)c(C(F)(F)F)c2)cn1. The highest BCUT2D eigenvalue weighted by Crippen LogP contribution is 2.36. The highest BCUT2D eigenvalue weighted by Gasteiger charge is 2.33. The molecule has 6 heteroatoms. The van der Waals surface area contributed by atoms with Crippen LogP contribution in [0.4, 0.5) is 13.2 Å². The predicted octanol–water partition coefficient (Wildman–Crippen LogP) is 5.10. The molecule has 20 heavy (non-hydrogen) atoms. The largest absolute Gasteiger partial charge is 0.456 e. The lowest BCUT2D eigenvalue weighted by molar-refractivity contribution is -0.138. The fourth-order valence-electron chi connectivity index (χ4n) is 1.65. The summed E-state index contributed by atoms with van der Waals surface area (Å²) in [5, 5.41) is 0.133. The van der Waals surface area contributed by atoms with Crippen LogP contribution in [0.1, 0.15) is 16.8 Å². The molecule has 2 aromatic rings. The van der Waals surface area contributed by atoms with Gasteiger partial charge in [-0.1, -0.05) is 22.0 Å². The number of nitrogens with zero attached hydrogens (tertiary/aromatic N) is 1. The first-order valence-electron chi connectivity index (χ1n) is 5.77. The molecule has 0 fully saturated rings. The topological polar surface area (TPSA) is 22.1 Å². The van der Waals surface area contributed by atoms with Gasteiger partial charge >= 0.3 is 6.18 Å². The average Bonchev–Trinajstić information content (AvgIpc) is 2.40. The van der Waals surface area contributed by atoms with Crippen molar-refractivity contribution in [3.05, 3.63) is 53.3 Å². The van der Waals surface area contributed by atoms with E-state index in [1.54, 1.807) is 12.1 Å². The number of aromatic nitrogens is 1. The fraction of sp³-hybridized carbons (Fsp3) is 0.214. The number of pyridine rings is 1. The van der Waals surface area contributed by atoms with Crippen LogP contribution in [-0.2, 0) is 11.5 Å². The average molecular weight is 346 g/mol. The monoisotopic (exact) mass is 345 g/mol. The van der Waals surface area contributed by atoms with E-state index >= 15 is 0 Å². The lowest BCUT2D eigenvalue weighted by Gasteiger charge is -2.13. The van der Waals surface area contributed by atoms with Gasteiger partial charge in [0.2, 0.25) is 0 Å². The van der Waals surface area contributed by atoms with Crippen molar-refractivity contribution < 1.29 is 17.9 Å². The fourth-order valence-corrected chi connectivity index (χ4v) is 2.14. The number of ether oxygens (including phenoxy) is 1. The van der Waals surface area contributed by atoms with Gasteiger partial charge in [-0.25, -0.2) is 0 Å². The molecule has 0 amide bonds. The molecule has 2 rings (SSSR count). The van der Waals surface area contributed by atoms with Crippen molar-refractivity contribution in [3.63, 3.8) is 0 Å². The Morgan fingerprint density at radius 3 is 2.40 bits per heavy atom. The molecular formula is C14H11BrF3NO. The highest BCUT2D eigenvalue weighted by molar-refractivity contribution is 9.08. The first kappa shape index (κ1) is 14.8. The van der Waals surface area contributed by atoms with Gasteiger partial charge in [0.05, 0.1) is 11.8 Å². The molecule has 0 spiro atoms. The van der Waals surface area contributed by atoms with Crippen LogP contribution in [0.25, 0.3) is 0 Å². The Morgan fingerprint density at radius 1 is 1.15 bits per heavy atom. The molecule has 0 bridgehead atoms. The third-order valence-electron chi connectivity index (χ3n) is 2.65. The molecule has 0 unspecified atom stereocenters. The number of benzene rings is 1. The highest BCUT2D eigenvalue weighted by atomic mass is 79.9. The van der Waals surface area contributed by atoms with Crippen molar-refractivity contribution in [2.24, 2.45) is 0 Å². The normalized spacial score (nSPS) is 11.4. The van der Waals surface area contributed by atoms with Gasteiger partial charge in [-0.15, -0.1) is 0 Å². The van der Waals surface area contributed by atoms with Gasteiger partial charge < -0.3 is 4.74 Å². The maximum Gasteiger partial charge on any atom is 0.416 e. The van der Waals surface area contributed by atoms with Crippen LogP contribution in [0.3, 0.4) is 0 Å². The zero-order valence-corrected chi connectivity index (χ0v) is 12.1. The summed E-state index contributed by atoms with van der Waals surface area (Å²) < 4.78 is 44.1. The van der Waals surface area contributed by atoms with E-state index in [4.69, 9.17) is 4.74 Å². The van der Waals surface area contributed by atoms with Crippen LogP contribution in [0.5, 0.6) is 11.5 Å². The smallest absolute Gasteiger partial charge is 0.416 e. The number of halogens is 4. The van der Waals surface area contributed by atoms with Crippen molar-refractivity contribution in [3.8, 4) is 11.5 Å². The number of aryl methyl sites for hydroxylation is 1. The third-order valence-corrected chi connectivity index (χ3v) is 3.25. The molecule has 0 aliphatic heterocycles. The molecule has 0 N–H and O–H groups in total. The van der Waals surface area contributed by atoms with Crippen molar-refractivity contribution >= 4 is 15.9 Å². The van der Waals surface area contributed by atoms with Gasteiger partial charge in [-0.2, -0.15) is 13.2 Å². The quantitative estimate of drug-likeness (QED) is 0.722. The Hall–Kier alpha value is -1.56. The summed E-state index contributed by atoms with van der Waals surface area (Å²) in [5.41, 5.74) is 0.279. The number of hydrogen-bond acceptors (Lipinski definition) is 2. The summed E-state index contributed by atoms with van der Waals surface area (Å²) in [7, 11) is 0. The first-order valence-corrected chi connectivity index (χ1v) is 6.89. The minimum Gasteiger partial charge on any atom is -0.456 e.